The normalized spacial score (nSPS) is 21.4. The Hall–Kier alpha value is -0.610. The number of piperidine rings is 1. The van der Waals surface area contributed by atoms with E-state index < -0.39 is 0 Å². The van der Waals surface area contributed by atoms with Gasteiger partial charge >= 0.3 is 0 Å². The Morgan fingerprint density at radius 3 is 2.89 bits per heavy atom. The summed E-state index contributed by atoms with van der Waals surface area (Å²) >= 11 is 0. The molecule has 0 aromatic carbocycles. The Morgan fingerprint density at radius 1 is 1.47 bits per heavy atom. The lowest BCUT2D eigenvalue weighted by atomic mass is 10.0. The van der Waals surface area contributed by atoms with Crippen molar-refractivity contribution in [1.82, 2.24) is 15.5 Å². The molecule has 1 aliphatic heterocycles. The van der Waals surface area contributed by atoms with E-state index in [1.807, 2.05) is 0 Å². The molecule has 0 aromatic heterocycles. The lowest BCUT2D eigenvalue weighted by Gasteiger charge is -2.24. The van der Waals surface area contributed by atoms with Crippen molar-refractivity contribution in [3.63, 3.8) is 0 Å². The number of carbonyl (C=O) groups is 1. The van der Waals surface area contributed by atoms with Crippen LogP contribution < -0.4 is 10.6 Å². The van der Waals surface area contributed by atoms with Crippen molar-refractivity contribution in [2.45, 2.75) is 64.5 Å². The van der Waals surface area contributed by atoms with E-state index in [9.17, 15) is 4.79 Å². The van der Waals surface area contributed by atoms with Crippen LogP contribution in [0.3, 0.4) is 0 Å². The van der Waals surface area contributed by atoms with E-state index in [1.54, 1.807) is 0 Å². The third-order valence-electron chi connectivity index (χ3n) is 4.26. The van der Waals surface area contributed by atoms with Gasteiger partial charge in [-0.25, -0.2) is 0 Å². The van der Waals surface area contributed by atoms with Gasteiger partial charge in [-0.1, -0.05) is 13.3 Å². The average Bonchev–Trinajstić information content (AvgIpc) is 2.45. The average molecular weight is 269 g/mol. The molecule has 0 aromatic rings. The van der Waals surface area contributed by atoms with Crippen LogP contribution in [0, 0.1) is 0 Å². The molecule has 1 fully saturated rings. The molecule has 1 saturated heterocycles. The monoisotopic (exact) mass is 269 g/mol. The maximum atomic E-state index is 11.7. The molecule has 0 bridgehead atoms. The summed E-state index contributed by atoms with van der Waals surface area (Å²) < 4.78 is 0. The molecular weight excluding hydrogens is 238 g/mol. The van der Waals surface area contributed by atoms with E-state index in [0.29, 0.717) is 18.5 Å². The first-order valence-corrected chi connectivity index (χ1v) is 7.83. The van der Waals surface area contributed by atoms with Crippen LogP contribution in [0.5, 0.6) is 0 Å². The number of likely N-dealkylation sites (N-methyl/N-ethyl adjacent to an activating group) is 1. The molecule has 1 rings (SSSR count). The fraction of sp³-hybridized carbons (Fsp3) is 0.933. The van der Waals surface area contributed by atoms with Gasteiger partial charge in [0.1, 0.15) is 0 Å². The minimum atomic E-state index is 0.199. The first kappa shape index (κ1) is 16.4. The third kappa shape index (κ3) is 6.92. The van der Waals surface area contributed by atoms with Crippen LogP contribution in [0.1, 0.15) is 52.4 Å². The number of rotatable bonds is 8. The second-order valence-electron chi connectivity index (χ2n) is 5.77. The zero-order chi connectivity index (χ0) is 14.1. The standard InChI is InChI=1S/C15H31N3O/c1-4-13(2)18(3)12-11-17-15(19)9-8-14-7-5-6-10-16-14/h13-14,16H,4-12H2,1-3H3,(H,17,19). The second-order valence-corrected chi connectivity index (χ2v) is 5.77. The summed E-state index contributed by atoms with van der Waals surface area (Å²) in [6, 6.07) is 1.14. The molecule has 0 aliphatic carbocycles. The summed E-state index contributed by atoms with van der Waals surface area (Å²) in [5.41, 5.74) is 0. The number of amides is 1. The number of nitrogens with one attached hydrogen (secondary N) is 2. The summed E-state index contributed by atoms with van der Waals surface area (Å²) in [6.45, 7) is 7.22. The number of carbonyl (C=O) groups excluding carboxylic acids is 1. The number of hydrogen-bond donors (Lipinski definition) is 2. The molecule has 1 amide bonds. The second kappa shape index (κ2) is 9.32. The molecule has 0 spiro atoms. The van der Waals surface area contributed by atoms with Crippen molar-refractivity contribution in [2.24, 2.45) is 0 Å². The minimum absolute atomic E-state index is 0.199. The van der Waals surface area contributed by atoms with E-state index in [4.69, 9.17) is 0 Å². The molecule has 4 heteroatoms. The quantitative estimate of drug-likeness (QED) is 0.706. The first-order chi connectivity index (χ1) is 9.13. The lowest BCUT2D eigenvalue weighted by molar-refractivity contribution is -0.121. The van der Waals surface area contributed by atoms with Crippen LogP contribution in [0.2, 0.25) is 0 Å². The van der Waals surface area contributed by atoms with Crippen LogP contribution >= 0.6 is 0 Å². The van der Waals surface area contributed by atoms with Crippen LogP contribution in [-0.2, 0) is 4.79 Å². The summed E-state index contributed by atoms with van der Waals surface area (Å²) in [5.74, 6) is 0.199. The number of nitrogens with zero attached hydrogens (tertiary/aromatic N) is 1. The summed E-state index contributed by atoms with van der Waals surface area (Å²) in [7, 11) is 2.12. The Bertz CT molecular complexity index is 252. The van der Waals surface area contributed by atoms with Crippen LogP contribution in [0.4, 0.5) is 0 Å². The first-order valence-electron chi connectivity index (χ1n) is 7.83. The fourth-order valence-corrected chi connectivity index (χ4v) is 2.47. The molecule has 2 N–H and O–H groups in total. The van der Waals surface area contributed by atoms with E-state index in [0.717, 1.165) is 32.5 Å². The zero-order valence-electron chi connectivity index (χ0n) is 12.9. The number of hydrogen-bond acceptors (Lipinski definition) is 3. The lowest BCUT2D eigenvalue weighted by Crippen LogP contribution is -2.38. The highest BCUT2D eigenvalue weighted by Crippen LogP contribution is 2.11. The van der Waals surface area contributed by atoms with E-state index >= 15 is 0 Å². The van der Waals surface area contributed by atoms with Crippen molar-refractivity contribution in [3.05, 3.63) is 0 Å². The van der Waals surface area contributed by atoms with Gasteiger partial charge in [0.2, 0.25) is 5.91 Å². The SMILES string of the molecule is CCC(C)N(C)CCNC(=O)CCC1CCCCN1. The Morgan fingerprint density at radius 2 is 2.26 bits per heavy atom. The van der Waals surface area contributed by atoms with Gasteiger partial charge in [0.15, 0.2) is 0 Å². The molecular formula is C15H31N3O. The molecule has 0 radical (unpaired) electrons. The molecule has 2 unspecified atom stereocenters. The van der Waals surface area contributed by atoms with Crippen LogP contribution in [0.15, 0.2) is 0 Å². The Kier molecular flexibility index (Phi) is 8.07. The smallest absolute Gasteiger partial charge is 0.220 e. The summed E-state index contributed by atoms with van der Waals surface area (Å²) in [4.78, 5) is 14.0. The van der Waals surface area contributed by atoms with Crippen molar-refractivity contribution in [2.75, 3.05) is 26.7 Å². The predicted molar refractivity (Wildman–Crippen MR) is 80.3 cm³/mol. The van der Waals surface area contributed by atoms with E-state index in [2.05, 4.69) is 36.4 Å². The van der Waals surface area contributed by atoms with Gasteiger partial charge in [-0.15, -0.1) is 0 Å². The third-order valence-corrected chi connectivity index (χ3v) is 4.26. The molecule has 1 aliphatic rings. The van der Waals surface area contributed by atoms with Gasteiger partial charge in [0.25, 0.3) is 0 Å². The highest BCUT2D eigenvalue weighted by Gasteiger charge is 2.14. The molecule has 19 heavy (non-hydrogen) atoms. The molecule has 2 atom stereocenters. The van der Waals surface area contributed by atoms with Gasteiger partial charge in [-0.2, -0.15) is 0 Å². The summed E-state index contributed by atoms with van der Waals surface area (Å²) in [5, 5.41) is 6.51. The van der Waals surface area contributed by atoms with Crippen LogP contribution in [0.25, 0.3) is 0 Å². The van der Waals surface area contributed by atoms with Crippen molar-refractivity contribution >= 4 is 5.91 Å². The van der Waals surface area contributed by atoms with Crippen molar-refractivity contribution in [3.8, 4) is 0 Å². The van der Waals surface area contributed by atoms with Crippen LogP contribution in [-0.4, -0.2) is 49.6 Å². The van der Waals surface area contributed by atoms with Gasteiger partial charge in [-0.05, 0) is 46.2 Å². The van der Waals surface area contributed by atoms with Gasteiger partial charge in [-0.3, -0.25) is 4.79 Å². The van der Waals surface area contributed by atoms with Gasteiger partial charge < -0.3 is 15.5 Å². The van der Waals surface area contributed by atoms with Crippen molar-refractivity contribution < 1.29 is 4.79 Å². The van der Waals surface area contributed by atoms with E-state index in [1.165, 1.54) is 19.3 Å². The van der Waals surface area contributed by atoms with Gasteiger partial charge in [0, 0.05) is 31.6 Å². The van der Waals surface area contributed by atoms with E-state index in [-0.39, 0.29) is 5.91 Å². The highest BCUT2D eigenvalue weighted by molar-refractivity contribution is 5.75. The maximum Gasteiger partial charge on any atom is 0.220 e. The largest absolute Gasteiger partial charge is 0.355 e. The zero-order valence-corrected chi connectivity index (χ0v) is 12.9. The fourth-order valence-electron chi connectivity index (χ4n) is 2.47. The molecule has 4 nitrogen and oxygen atoms in total. The maximum absolute atomic E-state index is 11.7. The molecule has 0 saturated carbocycles. The highest BCUT2D eigenvalue weighted by atomic mass is 16.1. The Labute approximate surface area is 118 Å². The minimum Gasteiger partial charge on any atom is -0.355 e. The molecule has 1 heterocycles. The van der Waals surface area contributed by atoms with Gasteiger partial charge in [0.05, 0.1) is 0 Å². The predicted octanol–water partition coefficient (Wildman–Crippen LogP) is 1.76. The molecule has 112 valence electrons. The topological polar surface area (TPSA) is 44.4 Å². The Balaban J connectivity index is 2.04. The summed E-state index contributed by atoms with van der Waals surface area (Å²) in [6.07, 6.45) is 6.60. The van der Waals surface area contributed by atoms with Crippen molar-refractivity contribution in [1.29, 1.82) is 0 Å².